The second kappa shape index (κ2) is 11.2. The van der Waals surface area contributed by atoms with E-state index in [0.29, 0.717) is 23.0 Å². The van der Waals surface area contributed by atoms with Crippen molar-refractivity contribution in [1.82, 2.24) is 14.3 Å². The molecule has 1 amide bonds. The molecule has 5 aromatic rings. The highest BCUT2D eigenvalue weighted by Gasteiger charge is 2.22. The molecule has 0 spiro atoms. The minimum absolute atomic E-state index is 0.119. The number of nitrogens with zero attached hydrogens (tertiary/aromatic N) is 3. The van der Waals surface area contributed by atoms with E-state index in [1.54, 1.807) is 10.6 Å². The summed E-state index contributed by atoms with van der Waals surface area (Å²) in [5.41, 5.74) is 4.48. The number of carboxylic acids is 1. The Bertz CT molecular complexity index is 1570. The predicted molar refractivity (Wildman–Crippen MR) is 145 cm³/mol. The molecular formula is C30H24ClN3O4. The first-order chi connectivity index (χ1) is 18.4. The average Bonchev–Trinajstić information content (AvgIpc) is 3.36. The maximum Gasteiger partial charge on any atom is 0.323 e. The van der Waals surface area contributed by atoms with Crippen LogP contribution in [-0.4, -0.2) is 37.8 Å². The van der Waals surface area contributed by atoms with Crippen LogP contribution in [0.5, 0.6) is 5.75 Å². The van der Waals surface area contributed by atoms with E-state index >= 15 is 0 Å². The maximum atomic E-state index is 13.3. The number of halogens is 1. The molecule has 0 atom stereocenters. The first-order valence-corrected chi connectivity index (χ1v) is 12.3. The Morgan fingerprint density at radius 1 is 0.895 bits per heavy atom. The highest BCUT2D eigenvalue weighted by molar-refractivity contribution is 6.30. The highest BCUT2D eigenvalue weighted by Crippen LogP contribution is 2.23. The molecule has 2 aromatic heterocycles. The van der Waals surface area contributed by atoms with E-state index in [0.717, 1.165) is 22.3 Å². The zero-order chi connectivity index (χ0) is 26.5. The molecule has 0 aliphatic rings. The van der Waals surface area contributed by atoms with Gasteiger partial charge in [0.15, 0.2) is 0 Å². The van der Waals surface area contributed by atoms with E-state index in [1.165, 1.54) is 4.90 Å². The monoisotopic (exact) mass is 525 g/mol. The molecule has 0 fully saturated rings. The Morgan fingerprint density at radius 3 is 2.34 bits per heavy atom. The maximum absolute atomic E-state index is 13.3. The van der Waals surface area contributed by atoms with Crippen LogP contribution >= 0.6 is 11.6 Å². The first-order valence-electron chi connectivity index (χ1n) is 12.0. The molecule has 190 valence electrons. The fourth-order valence-corrected chi connectivity index (χ4v) is 4.21. The van der Waals surface area contributed by atoms with E-state index in [9.17, 15) is 14.7 Å². The van der Waals surface area contributed by atoms with E-state index in [1.807, 2.05) is 97.2 Å². The smallest absolute Gasteiger partial charge is 0.323 e. The number of benzene rings is 3. The minimum Gasteiger partial charge on any atom is -0.489 e. The summed E-state index contributed by atoms with van der Waals surface area (Å²) in [5.74, 6) is -0.881. The van der Waals surface area contributed by atoms with Crippen molar-refractivity contribution in [1.29, 1.82) is 0 Å². The number of rotatable bonds is 9. The number of hydrogen-bond donors (Lipinski definition) is 1. The molecule has 38 heavy (non-hydrogen) atoms. The number of aliphatic carboxylic acids is 1. The summed E-state index contributed by atoms with van der Waals surface area (Å²) >= 11 is 5.99. The van der Waals surface area contributed by atoms with Gasteiger partial charge in [0.05, 0.1) is 0 Å². The molecule has 0 saturated carbocycles. The van der Waals surface area contributed by atoms with E-state index < -0.39 is 18.4 Å². The molecule has 8 heteroatoms. The van der Waals surface area contributed by atoms with Gasteiger partial charge in [0.1, 0.15) is 30.2 Å². The Kier molecular flexibility index (Phi) is 7.38. The molecule has 0 radical (unpaired) electrons. The lowest BCUT2D eigenvalue weighted by Gasteiger charge is -2.20. The van der Waals surface area contributed by atoms with Crippen LogP contribution in [0.25, 0.3) is 16.8 Å². The van der Waals surface area contributed by atoms with Gasteiger partial charge in [-0.15, -0.1) is 0 Å². The summed E-state index contributed by atoms with van der Waals surface area (Å²) in [6, 6.07) is 28.3. The van der Waals surface area contributed by atoms with Gasteiger partial charge in [0, 0.05) is 24.0 Å². The van der Waals surface area contributed by atoms with Gasteiger partial charge in [-0.3, -0.25) is 9.59 Å². The highest BCUT2D eigenvalue weighted by atomic mass is 35.5. The van der Waals surface area contributed by atoms with Crippen LogP contribution in [0.4, 0.5) is 0 Å². The predicted octanol–water partition coefficient (Wildman–Crippen LogP) is 5.96. The molecule has 7 nitrogen and oxygen atoms in total. The number of hydrogen-bond acceptors (Lipinski definition) is 4. The number of amides is 1. The van der Waals surface area contributed by atoms with Crippen molar-refractivity contribution in [2.75, 3.05) is 6.54 Å². The Hall–Kier alpha value is -4.62. The summed E-state index contributed by atoms with van der Waals surface area (Å²) in [4.78, 5) is 30.6. The van der Waals surface area contributed by atoms with Crippen LogP contribution in [0, 0.1) is 0 Å². The molecule has 0 aliphatic heterocycles. The Balaban J connectivity index is 1.31. The van der Waals surface area contributed by atoms with Gasteiger partial charge in [-0.25, -0.2) is 4.98 Å². The number of pyridine rings is 1. The molecule has 0 saturated heterocycles. The molecule has 0 bridgehead atoms. The summed E-state index contributed by atoms with van der Waals surface area (Å²) in [6.07, 6.45) is 3.43. The fraction of sp³-hybridized carbons (Fsp3) is 0.100. The van der Waals surface area contributed by atoms with Crippen LogP contribution in [0.3, 0.4) is 0 Å². The lowest BCUT2D eigenvalue weighted by Crippen LogP contribution is -2.35. The van der Waals surface area contributed by atoms with Gasteiger partial charge in [0.2, 0.25) is 0 Å². The van der Waals surface area contributed by atoms with Gasteiger partial charge < -0.3 is 19.1 Å². The van der Waals surface area contributed by atoms with Crippen molar-refractivity contribution in [2.24, 2.45) is 0 Å². The lowest BCUT2D eigenvalue weighted by atomic mass is 10.1. The Morgan fingerprint density at radius 2 is 1.63 bits per heavy atom. The third-order valence-electron chi connectivity index (χ3n) is 6.02. The van der Waals surface area contributed by atoms with E-state index in [-0.39, 0.29) is 12.2 Å². The average molecular weight is 526 g/mol. The van der Waals surface area contributed by atoms with Gasteiger partial charge >= 0.3 is 5.97 Å². The zero-order valence-electron chi connectivity index (χ0n) is 20.3. The second-order valence-electron chi connectivity index (χ2n) is 8.79. The minimum atomic E-state index is -1.10. The number of carbonyl (C=O) groups is 2. The zero-order valence-corrected chi connectivity index (χ0v) is 21.1. The summed E-state index contributed by atoms with van der Waals surface area (Å²) in [6.45, 7) is 0.112. The normalized spacial score (nSPS) is 10.9. The molecule has 0 aliphatic carbocycles. The topological polar surface area (TPSA) is 84.1 Å². The van der Waals surface area contributed by atoms with Crippen molar-refractivity contribution < 1.29 is 19.4 Å². The van der Waals surface area contributed by atoms with E-state index in [2.05, 4.69) is 4.98 Å². The van der Waals surface area contributed by atoms with Crippen molar-refractivity contribution in [2.45, 2.75) is 13.2 Å². The van der Waals surface area contributed by atoms with Gasteiger partial charge in [0.25, 0.3) is 5.91 Å². The van der Waals surface area contributed by atoms with Crippen molar-refractivity contribution >= 4 is 29.1 Å². The van der Waals surface area contributed by atoms with Crippen LogP contribution < -0.4 is 4.74 Å². The summed E-state index contributed by atoms with van der Waals surface area (Å²) in [5, 5.41) is 10.1. The van der Waals surface area contributed by atoms with Crippen molar-refractivity contribution in [3.05, 3.63) is 125 Å². The third-order valence-corrected chi connectivity index (χ3v) is 6.27. The molecule has 1 N–H and O–H groups in total. The Labute approximate surface area is 224 Å². The summed E-state index contributed by atoms with van der Waals surface area (Å²) < 4.78 is 7.56. The van der Waals surface area contributed by atoms with Crippen LogP contribution in [0.15, 0.2) is 103 Å². The molecule has 0 unspecified atom stereocenters. The standard InChI is InChI=1S/C30H24ClN3O4/c31-25-10-8-23(9-11-25)24-14-15-33-18-27(32-28(33)16-24)30(37)34(19-29(35)36)17-21-6-12-26(13-7-21)38-20-22-4-2-1-3-5-22/h1-16,18H,17,19-20H2,(H,35,36). The number of fused-ring (bicyclic) bond motifs is 1. The largest absolute Gasteiger partial charge is 0.489 e. The number of aromatic nitrogens is 2. The summed E-state index contributed by atoms with van der Waals surface area (Å²) in [7, 11) is 0. The van der Waals surface area contributed by atoms with Crippen molar-refractivity contribution in [3.8, 4) is 16.9 Å². The second-order valence-corrected chi connectivity index (χ2v) is 9.22. The van der Waals surface area contributed by atoms with Gasteiger partial charge in [-0.05, 0) is 58.7 Å². The molecular weight excluding hydrogens is 502 g/mol. The number of carboxylic acid groups (broad SMARTS) is 1. The van der Waals surface area contributed by atoms with Crippen LogP contribution in [-0.2, 0) is 17.9 Å². The van der Waals surface area contributed by atoms with Gasteiger partial charge in [-0.1, -0.05) is 66.2 Å². The fourth-order valence-electron chi connectivity index (χ4n) is 4.08. The van der Waals surface area contributed by atoms with Crippen LogP contribution in [0.1, 0.15) is 21.6 Å². The van der Waals surface area contributed by atoms with Gasteiger partial charge in [-0.2, -0.15) is 0 Å². The quantitative estimate of drug-likeness (QED) is 0.257. The number of imidazole rings is 1. The first kappa shape index (κ1) is 25.0. The lowest BCUT2D eigenvalue weighted by molar-refractivity contribution is -0.137. The molecule has 3 aromatic carbocycles. The SMILES string of the molecule is O=C(O)CN(Cc1ccc(OCc2ccccc2)cc1)C(=O)c1cn2ccc(-c3ccc(Cl)cc3)cc2n1. The van der Waals surface area contributed by atoms with E-state index in [4.69, 9.17) is 16.3 Å². The van der Waals surface area contributed by atoms with Crippen LogP contribution in [0.2, 0.25) is 5.02 Å². The number of ether oxygens (including phenoxy) is 1. The molecule has 2 heterocycles. The van der Waals surface area contributed by atoms with Crippen molar-refractivity contribution in [3.63, 3.8) is 0 Å². The third kappa shape index (κ3) is 6.02. The number of carbonyl (C=O) groups excluding carboxylic acids is 1. The molecule has 5 rings (SSSR count).